The van der Waals surface area contributed by atoms with Gasteiger partial charge in [0, 0.05) is 5.56 Å². The van der Waals surface area contributed by atoms with Crippen molar-refractivity contribution in [3.8, 4) is 0 Å². The average Bonchev–Trinajstić information content (AvgIpc) is 1.90. The van der Waals surface area contributed by atoms with Crippen LogP contribution in [0.1, 0.15) is 28.4 Å². The standard InChI is InChI=1S/C10H10O/c1-7(11)9-4-2-3-8-5-6-10(8)9/h2-4H,5-6H2,1H3. The number of aryl methyl sites for hydroxylation is 1. The van der Waals surface area contributed by atoms with Gasteiger partial charge in [-0.05, 0) is 30.9 Å². The average molecular weight is 146 g/mol. The van der Waals surface area contributed by atoms with Gasteiger partial charge in [0.15, 0.2) is 5.78 Å². The molecule has 0 radical (unpaired) electrons. The Bertz CT molecular complexity index is 313. The molecule has 0 amide bonds. The number of fused-ring (bicyclic) bond motifs is 1. The Morgan fingerprint density at radius 2 is 2.18 bits per heavy atom. The van der Waals surface area contributed by atoms with E-state index in [4.69, 9.17) is 0 Å². The third kappa shape index (κ3) is 0.881. The first-order chi connectivity index (χ1) is 5.29. The highest BCUT2D eigenvalue weighted by Gasteiger charge is 2.17. The molecule has 0 saturated heterocycles. The molecule has 11 heavy (non-hydrogen) atoms. The number of carbonyl (C=O) groups excluding carboxylic acids is 1. The molecule has 0 heterocycles. The lowest BCUT2D eigenvalue weighted by Crippen LogP contribution is -2.13. The fourth-order valence-electron chi connectivity index (χ4n) is 1.58. The Morgan fingerprint density at radius 3 is 2.64 bits per heavy atom. The molecule has 2 rings (SSSR count). The molecule has 1 aliphatic rings. The van der Waals surface area contributed by atoms with Crippen molar-refractivity contribution < 1.29 is 4.79 Å². The molecule has 0 atom stereocenters. The zero-order valence-electron chi connectivity index (χ0n) is 6.55. The second kappa shape index (κ2) is 2.19. The van der Waals surface area contributed by atoms with Crippen molar-refractivity contribution in [3.63, 3.8) is 0 Å². The van der Waals surface area contributed by atoms with E-state index < -0.39 is 0 Å². The van der Waals surface area contributed by atoms with Crippen LogP contribution in [0.4, 0.5) is 0 Å². The van der Waals surface area contributed by atoms with E-state index in [0.29, 0.717) is 0 Å². The summed E-state index contributed by atoms with van der Waals surface area (Å²) in [6.45, 7) is 1.63. The van der Waals surface area contributed by atoms with Crippen molar-refractivity contribution >= 4 is 5.78 Å². The van der Waals surface area contributed by atoms with Crippen LogP contribution >= 0.6 is 0 Å². The van der Waals surface area contributed by atoms with Gasteiger partial charge >= 0.3 is 0 Å². The summed E-state index contributed by atoms with van der Waals surface area (Å²) in [4.78, 5) is 11.1. The quantitative estimate of drug-likeness (QED) is 0.554. The van der Waals surface area contributed by atoms with Gasteiger partial charge in [-0.25, -0.2) is 0 Å². The minimum absolute atomic E-state index is 0.196. The fourth-order valence-corrected chi connectivity index (χ4v) is 1.58. The van der Waals surface area contributed by atoms with Crippen LogP contribution in [0.25, 0.3) is 0 Å². The smallest absolute Gasteiger partial charge is 0.160 e. The minimum Gasteiger partial charge on any atom is -0.295 e. The molecule has 0 unspecified atom stereocenters. The normalized spacial score (nSPS) is 13.5. The summed E-state index contributed by atoms with van der Waals surface area (Å²) in [7, 11) is 0. The van der Waals surface area contributed by atoms with Gasteiger partial charge in [-0.1, -0.05) is 18.2 Å². The largest absolute Gasteiger partial charge is 0.295 e. The van der Waals surface area contributed by atoms with Gasteiger partial charge < -0.3 is 0 Å². The van der Waals surface area contributed by atoms with Crippen molar-refractivity contribution in [2.75, 3.05) is 0 Å². The Hall–Kier alpha value is -1.11. The molecule has 0 aromatic heterocycles. The van der Waals surface area contributed by atoms with Crippen LogP contribution < -0.4 is 0 Å². The number of rotatable bonds is 1. The summed E-state index contributed by atoms with van der Waals surface area (Å²) >= 11 is 0. The van der Waals surface area contributed by atoms with E-state index in [9.17, 15) is 4.79 Å². The molecule has 0 fully saturated rings. The lowest BCUT2D eigenvalue weighted by Gasteiger charge is -2.20. The third-order valence-electron chi connectivity index (χ3n) is 2.30. The highest BCUT2D eigenvalue weighted by molar-refractivity contribution is 5.96. The number of ketones is 1. The van der Waals surface area contributed by atoms with Crippen LogP contribution in [0.15, 0.2) is 18.2 Å². The van der Waals surface area contributed by atoms with Gasteiger partial charge in [0.1, 0.15) is 0 Å². The summed E-state index contributed by atoms with van der Waals surface area (Å²) in [5, 5.41) is 0. The number of hydrogen-bond acceptors (Lipinski definition) is 1. The molecule has 0 N–H and O–H groups in total. The van der Waals surface area contributed by atoms with Crippen LogP contribution in [0.2, 0.25) is 0 Å². The zero-order chi connectivity index (χ0) is 7.84. The first-order valence-electron chi connectivity index (χ1n) is 3.91. The maximum Gasteiger partial charge on any atom is 0.160 e. The first kappa shape index (κ1) is 6.59. The molecule has 0 saturated carbocycles. The molecule has 56 valence electrons. The van der Waals surface area contributed by atoms with Crippen molar-refractivity contribution in [2.24, 2.45) is 0 Å². The third-order valence-corrected chi connectivity index (χ3v) is 2.30. The number of Topliss-reactive ketones (excluding diaryl/α,β-unsaturated/α-hetero) is 1. The van der Waals surface area contributed by atoms with Gasteiger partial charge in [-0.2, -0.15) is 0 Å². The summed E-state index contributed by atoms with van der Waals surface area (Å²) in [6.07, 6.45) is 2.24. The van der Waals surface area contributed by atoms with Crippen LogP contribution in [0.3, 0.4) is 0 Å². The Kier molecular flexibility index (Phi) is 1.31. The molecule has 0 spiro atoms. The lowest BCUT2D eigenvalue weighted by atomic mass is 9.84. The lowest BCUT2D eigenvalue weighted by molar-refractivity contribution is 0.101. The SMILES string of the molecule is CC(=O)c1cccc2c1CC2. The zero-order valence-corrected chi connectivity index (χ0v) is 6.55. The van der Waals surface area contributed by atoms with E-state index in [0.717, 1.165) is 18.4 Å². The summed E-state index contributed by atoms with van der Waals surface area (Å²) in [5.41, 5.74) is 3.56. The first-order valence-corrected chi connectivity index (χ1v) is 3.91. The van der Waals surface area contributed by atoms with Crippen LogP contribution in [0, 0.1) is 0 Å². The predicted molar refractivity (Wildman–Crippen MR) is 43.9 cm³/mol. The van der Waals surface area contributed by atoms with Crippen molar-refractivity contribution in [1.82, 2.24) is 0 Å². The maximum atomic E-state index is 11.1. The minimum atomic E-state index is 0.196. The monoisotopic (exact) mass is 146 g/mol. The molecule has 1 heteroatoms. The Balaban J connectivity index is 2.57. The van der Waals surface area contributed by atoms with Gasteiger partial charge in [0.05, 0.1) is 0 Å². The Labute approximate surface area is 66.0 Å². The van der Waals surface area contributed by atoms with E-state index in [1.807, 2.05) is 12.1 Å². The van der Waals surface area contributed by atoms with Gasteiger partial charge in [-0.15, -0.1) is 0 Å². The van der Waals surface area contributed by atoms with E-state index in [1.54, 1.807) is 6.92 Å². The van der Waals surface area contributed by atoms with Gasteiger partial charge in [0.25, 0.3) is 0 Å². The van der Waals surface area contributed by atoms with Crippen LogP contribution in [-0.2, 0) is 12.8 Å². The molecule has 1 aliphatic carbocycles. The summed E-state index contributed by atoms with van der Waals surface area (Å²) < 4.78 is 0. The van der Waals surface area contributed by atoms with Gasteiger partial charge in [0.2, 0.25) is 0 Å². The maximum absolute atomic E-state index is 11.1. The summed E-state index contributed by atoms with van der Waals surface area (Å²) in [5.74, 6) is 0.196. The molecular formula is C10H10O. The highest BCUT2D eigenvalue weighted by Crippen LogP contribution is 2.26. The van der Waals surface area contributed by atoms with Gasteiger partial charge in [-0.3, -0.25) is 4.79 Å². The molecule has 0 aliphatic heterocycles. The van der Waals surface area contributed by atoms with E-state index in [1.165, 1.54) is 11.1 Å². The van der Waals surface area contributed by atoms with Crippen LogP contribution in [0.5, 0.6) is 0 Å². The number of benzene rings is 1. The molecule has 1 aromatic carbocycles. The molecular weight excluding hydrogens is 136 g/mol. The highest BCUT2D eigenvalue weighted by atomic mass is 16.1. The molecule has 1 aromatic rings. The van der Waals surface area contributed by atoms with Crippen molar-refractivity contribution in [3.05, 3.63) is 34.9 Å². The van der Waals surface area contributed by atoms with Crippen molar-refractivity contribution in [1.29, 1.82) is 0 Å². The van der Waals surface area contributed by atoms with Crippen LogP contribution in [-0.4, -0.2) is 5.78 Å². The second-order valence-corrected chi connectivity index (χ2v) is 3.00. The molecule has 0 bridgehead atoms. The summed E-state index contributed by atoms with van der Waals surface area (Å²) in [6, 6.07) is 5.99. The van der Waals surface area contributed by atoms with E-state index in [-0.39, 0.29) is 5.78 Å². The fraction of sp³-hybridized carbons (Fsp3) is 0.300. The van der Waals surface area contributed by atoms with Crippen molar-refractivity contribution in [2.45, 2.75) is 19.8 Å². The molecule has 1 nitrogen and oxygen atoms in total. The number of hydrogen-bond donors (Lipinski definition) is 0. The second-order valence-electron chi connectivity index (χ2n) is 3.00. The van der Waals surface area contributed by atoms with E-state index >= 15 is 0 Å². The Morgan fingerprint density at radius 1 is 1.36 bits per heavy atom. The van der Waals surface area contributed by atoms with E-state index in [2.05, 4.69) is 6.07 Å². The predicted octanol–water partition coefficient (Wildman–Crippen LogP) is 1.99. The number of carbonyl (C=O) groups is 1. The topological polar surface area (TPSA) is 17.1 Å².